The number of anilines is 1. The highest BCUT2D eigenvalue weighted by Crippen LogP contribution is 2.29. The predicted octanol–water partition coefficient (Wildman–Crippen LogP) is 2.31. The van der Waals surface area contributed by atoms with Crippen LogP contribution >= 0.6 is 0 Å². The van der Waals surface area contributed by atoms with Crippen molar-refractivity contribution in [3.8, 4) is 5.75 Å². The normalized spacial score (nSPS) is 11.8. The summed E-state index contributed by atoms with van der Waals surface area (Å²) in [4.78, 5) is 24.2. The first-order valence-electron chi connectivity index (χ1n) is 7.11. The summed E-state index contributed by atoms with van der Waals surface area (Å²) in [5.74, 6) is 0.153. The molecular formula is C17H20N2O4. The lowest BCUT2D eigenvalue weighted by Gasteiger charge is -2.18. The van der Waals surface area contributed by atoms with Crippen LogP contribution in [0.3, 0.4) is 0 Å². The zero-order valence-electron chi connectivity index (χ0n) is 13.6. The van der Waals surface area contributed by atoms with Gasteiger partial charge < -0.3 is 20.2 Å². The van der Waals surface area contributed by atoms with Crippen molar-refractivity contribution in [1.29, 1.82) is 0 Å². The van der Waals surface area contributed by atoms with Crippen molar-refractivity contribution in [2.45, 2.75) is 26.3 Å². The Labute approximate surface area is 133 Å². The molecule has 2 aromatic rings. The highest BCUT2D eigenvalue weighted by atomic mass is 16.5. The standard InChI is InChI=1S/C17H20N2O4/c1-17(2,3)19-13(20)8-5-10-9-23-16-11(15(10)21)6-7-12(22-4)14(16)18/h5-9H,18H2,1-4H3,(H,19,20)/b8-5+. The number of hydrogen-bond acceptors (Lipinski definition) is 5. The number of benzene rings is 1. The summed E-state index contributed by atoms with van der Waals surface area (Å²) in [6.07, 6.45) is 4.00. The van der Waals surface area contributed by atoms with Gasteiger partial charge in [-0.15, -0.1) is 0 Å². The molecule has 1 amide bonds. The molecule has 0 aliphatic rings. The lowest BCUT2D eigenvalue weighted by molar-refractivity contribution is -0.117. The van der Waals surface area contributed by atoms with E-state index in [9.17, 15) is 9.59 Å². The molecule has 6 nitrogen and oxygen atoms in total. The number of nitrogens with one attached hydrogen (secondary N) is 1. The molecule has 0 aliphatic heterocycles. The molecule has 0 radical (unpaired) electrons. The van der Waals surface area contributed by atoms with Crippen molar-refractivity contribution in [3.63, 3.8) is 0 Å². The highest BCUT2D eigenvalue weighted by Gasteiger charge is 2.13. The number of fused-ring (bicyclic) bond motifs is 1. The fourth-order valence-corrected chi connectivity index (χ4v) is 2.09. The molecule has 0 unspecified atom stereocenters. The number of ether oxygens (including phenoxy) is 1. The van der Waals surface area contributed by atoms with Crippen LogP contribution in [0, 0.1) is 0 Å². The van der Waals surface area contributed by atoms with Gasteiger partial charge in [-0.25, -0.2) is 0 Å². The van der Waals surface area contributed by atoms with Crippen LogP contribution in [0.15, 0.2) is 33.7 Å². The SMILES string of the molecule is COc1ccc2c(=O)c(/C=C/C(=O)NC(C)(C)C)coc2c1N. The fourth-order valence-electron chi connectivity index (χ4n) is 2.09. The summed E-state index contributed by atoms with van der Waals surface area (Å²) in [5, 5.41) is 3.11. The number of nitrogens with two attached hydrogens (primary N) is 1. The third kappa shape index (κ3) is 3.71. The molecule has 1 aromatic heterocycles. The smallest absolute Gasteiger partial charge is 0.244 e. The predicted molar refractivity (Wildman–Crippen MR) is 90.4 cm³/mol. The molecule has 3 N–H and O–H groups in total. The second-order valence-corrected chi connectivity index (χ2v) is 6.15. The van der Waals surface area contributed by atoms with Crippen LogP contribution in [-0.4, -0.2) is 18.6 Å². The van der Waals surface area contributed by atoms with E-state index in [4.69, 9.17) is 14.9 Å². The Balaban J connectivity index is 2.39. The van der Waals surface area contributed by atoms with Crippen molar-refractivity contribution in [3.05, 3.63) is 40.3 Å². The van der Waals surface area contributed by atoms with Crippen molar-refractivity contribution < 1.29 is 13.9 Å². The van der Waals surface area contributed by atoms with Crippen molar-refractivity contribution in [2.75, 3.05) is 12.8 Å². The molecule has 23 heavy (non-hydrogen) atoms. The lowest BCUT2D eigenvalue weighted by atomic mass is 10.1. The van der Waals surface area contributed by atoms with Crippen LogP contribution in [0.5, 0.6) is 5.75 Å². The average molecular weight is 316 g/mol. The molecule has 0 spiro atoms. The van der Waals surface area contributed by atoms with Crippen LogP contribution in [0.2, 0.25) is 0 Å². The number of nitrogen functional groups attached to an aromatic ring is 1. The molecule has 0 saturated carbocycles. The molecule has 122 valence electrons. The largest absolute Gasteiger partial charge is 0.494 e. The van der Waals surface area contributed by atoms with Gasteiger partial charge in [0, 0.05) is 11.6 Å². The molecule has 2 rings (SSSR count). The van der Waals surface area contributed by atoms with Gasteiger partial charge >= 0.3 is 0 Å². The fraction of sp³-hybridized carbons (Fsp3) is 0.294. The first kappa shape index (κ1) is 16.6. The minimum Gasteiger partial charge on any atom is -0.494 e. The Morgan fingerprint density at radius 3 is 2.65 bits per heavy atom. The molecule has 0 saturated heterocycles. The van der Waals surface area contributed by atoms with Crippen LogP contribution in [-0.2, 0) is 4.79 Å². The van der Waals surface area contributed by atoms with E-state index in [1.807, 2.05) is 20.8 Å². The molecule has 0 fully saturated rings. The van der Waals surface area contributed by atoms with Gasteiger partial charge in [-0.1, -0.05) is 0 Å². The number of rotatable bonds is 3. The Hall–Kier alpha value is -2.76. The van der Waals surface area contributed by atoms with Gasteiger partial charge in [-0.2, -0.15) is 0 Å². The van der Waals surface area contributed by atoms with E-state index >= 15 is 0 Å². The van der Waals surface area contributed by atoms with Gasteiger partial charge in [0.05, 0.1) is 18.1 Å². The minimum absolute atomic E-state index is 0.264. The maximum atomic E-state index is 12.4. The summed E-state index contributed by atoms with van der Waals surface area (Å²) >= 11 is 0. The summed E-state index contributed by atoms with van der Waals surface area (Å²) in [5.41, 5.74) is 6.10. The lowest BCUT2D eigenvalue weighted by Crippen LogP contribution is -2.39. The van der Waals surface area contributed by atoms with Gasteiger partial charge in [-0.3, -0.25) is 9.59 Å². The molecule has 1 aromatic carbocycles. The third-order valence-corrected chi connectivity index (χ3v) is 3.10. The highest BCUT2D eigenvalue weighted by molar-refractivity contribution is 5.94. The molecule has 0 aliphatic carbocycles. The van der Waals surface area contributed by atoms with E-state index in [0.29, 0.717) is 11.1 Å². The van der Waals surface area contributed by atoms with E-state index in [1.54, 1.807) is 12.1 Å². The molecule has 0 bridgehead atoms. The number of carbonyl (C=O) groups is 1. The van der Waals surface area contributed by atoms with Crippen LogP contribution in [0.4, 0.5) is 5.69 Å². The van der Waals surface area contributed by atoms with E-state index in [1.165, 1.54) is 25.5 Å². The summed E-state index contributed by atoms with van der Waals surface area (Å²) in [7, 11) is 1.49. The van der Waals surface area contributed by atoms with Gasteiger partial charge in [0.2, 0.25) is 5.91 Å². The van der Waals surface area contributed by atoms with Crippen molar-refractivity contribution in [1.82, 2.24) is 5.32 Å². The van der Waals surface area contributed by atoms with E-state index in [2.05, 4.69) is 5.32 Å². The van der Waals surface area contributed by atoms with E-state index in [-0.39, 0.29) is 33.7 Å². The second-order valence-electron chi connectivity index (χ2n) is 6.15. The van der Waals surface area contributed by atoms with Crippen LogP contribution < -0.4 is 21.2 Å². The minimum atomic E-state index is -0.347. The van der Waals surface area contributed by atoms with Crippen molar-refractivity contribution >= 4 is 28.6 Å². The third-order valence-electron chi connectivity index (χ3n) is 3.10. The van der Waals surface area contributed by atoms with Gasteiger partial charge in [0.15, 0.2) is 11.0 Å². The molecule has 6 heteroatoms. The van der Waals surface area contributed by atoms with Crippen molar-refractivity contribution in [2.24, 2.45) is 0 Å². The van der Waals surface area contributed by atoms with Crippen LogP contribution in [0.1, 0.15) is 26.3 Å². The Bertz CT molecular complexity index is 829. The van der Waals surface area contributed by atoms with E-state index in [0.717, 1.165) is 0 Å². The number of hydrogen-bond donors (Lipinski definition) is 2. The maximum absolute atomic E-state index is 12.4. The summed E-state index contributed by atoms with van der Waals surface area (Å²) in [6.45, 7) is 5.62. The number of amides is 1. The zero-order valence-corrected chi connectivity index (χ0v) is 13.6. The number of carbonyl (C=O) groups excluding carboxylic acids is 1. The average Bonchev–Trinajstić information content (AvgIpc) is 2.45. The summed E-state index contributed by atoms with van der Waals surface area (Å²) < 4.78 is 10.5. The Kier molecular flexibility index (Phi) is 4.45. The van der Waals surface area contributed by atoms with Gasteiger partial charge in [0.1, 0.15) is 17.7 Å². The monoisotopic (exact) mass is 316 g/mol. The Morgan fingerprint density at radius 2 is 2.04 bits per heavy atom. The van der Waals surface area contributed by atoms with Gasteiger partial charge in [-0.05, 0) is 39.0 Å². The number of methoxy groups -OCH3 is 1. The zero-order chi connectivity index (χ0) is 17.2. The Morgan fingerprint density at radius 1 is 1.35 bits per heavy atom. The summed E-state index contributed by atoms with van der Waals surface area (Å²) in [6, 6.07) is 3.19. The first-order chi connectivity index (χ1) is 10.7. The molecule has 0 atom stereocenters. The molecule has 1 heterocycles. The van der Waals surface area contributed by atoms with Gasteiger partial charge in [0.25, 0.3) is 0 Å². The maximum Gasteiger partial charge on any atom is 0.244 e. The second kappa shape index (κ2) is 6.16. The first-order valence-corrected chi connectivity index (χ1v) is 7.11. The topological polar surface area (TPSA) is 94.6 Å². The molecular weight excluding hydrogens is 296 g/mol. The van der Waals surface area contributed by atoms with Crippen LogP contribution in [0.25, 0.3) is 17.0 Å². The quantitative estimate of drug-likeness (QED) is 0.669. The van der Waals surface area contributed by atoms with E-state index < -0.39 is 0 Å².